The lowest BCUT2D eigenvalue weighted by atomic mass is 9.71. The van der Waals surface area contributed by atoms with Crippen molar-refractivity contribution >= 4 is 22.3 Å². The van der Waals surface area contributed by atoms with Crippen LogP contribution in [0.25, 0.3) is 10.9 Å². The average Bonchev–Trinajstić information content (AvgIpc) is 2.71. The SMILES string of the molecule is CC1CCC2(CC1)CNc1cnc3ccccc3c1NC2. The van der Waals surface area contributed by atoms with Gasteiger partial charge in [0.15, 0.2) is 0 Å². The van der Waals surface area contributed by atoms with Gasteiger partial charge in [0.2, 0.25) is 0 Å². The number of fused-ring (bicyclic) bond motifs is 3. The van der Waals surface area contributed by atoms with E-state index in [1.807, 2.05) is 6.20 Å². The number of aromatic nitrogens is 1. The van der Waals surface area contributed by atoms with Crippen molar-refractivity contribution in [3.63, 3.8) is 0 Å². The Hall–Kier alpha value is -1.77. The molecule has 0 saturated heterocycles. The second kappa shape index (κ2) is 4.90. The van der Waals surface area contributed by atoms with Crippen molar-refractivity contribution in [2.24, 2.45) is 11.3 Å². The second-order valence-electron chi connectivity index (χ2n) is 6.95. The molecule has 4 rings (SSSR count). The molecule has 1 fully saturated rings. The Bertz CT molecular complexity index is 657. The summed E-state index contributed by atoms with van der Waals surface area (Å²) in [6.45, 7) is 4.53. The minimum atomic E-state index is 0.409. The molecule has 1 spiro atoms. The number of hydrogen-bond donors (Lipinski definition) is 2. The Morgan fingerprint density at radius 3 is 2.71 bits per heavy atom. The van der Waals surface area contributed by atoms with E-state index in [1.165, 1.54) is 36.8 Å². The summed E-state index contributed by atoms with van der Waals surface area (Å²) in [5.74, 6) is 0.892. The van der Waals surface area contributed by atoms with E-state index >= 15 is 0 Å². The minimum absolute atomic E-state index is 0.409. The van der Waals surface area contributed by atoms with E-state index in [0.717, 1.165) is 30.2 Å². The molecule has 0 amide bonds. The second-order valence-corrected chi connectivity index (χ2v) is 6.95. The minimum Gasteiger partial charge on any atom is -0.382 e. The van der Waals surface area contributed by atoms with Gasteiger partial charge in [-0.2, -0.15) is 0 Å². The van der Waals surface area contributed by atoms with Gasteiger partial charge in [0.1, 0.15) is 0 Å². The molecule has 2 heterocycles. The fraction of sp³-hybridized carbons (Fsp3) is 0.500. The highest BCUT2D eigenvalue weighted by Gasteiger charge is 2.35. The van der Waals surface area contributed by atoms with Gasteiger partial charge in [-0.3, -0.25) is 4.98 Å². The van der Waals surface area contributed by atoms with Crippen molar-refractivity contribution in [1.29, 1.82) is 0 Å². The van der Waals surface area contributed by atoms with Crippen LogP contribution in [0.5, 0.6) is 0 Å². The van der Waals surface area contributed by atoms with E-state index in [2.05, 4.69) is 46.8 Å². The molecule has 2 N–H and O–H groups in total. The van der Waals surface area contributed by atoms with Crippen molar-refractivity contribution in [1.82, 2.24) is 4.98 Å². The van der Waals surface area contributed by atoms with Crippen LogP contribution in [-0.4, -0.2) is 18.1 Å². The molecule has 1 aliphatic carbocycles. The van der Waals surface area contributed by atoms with Gasteiger partial charge in [0, 0.05) is 23.9 Å². The molecule has 0 atom stereocenters. The molecule has 0 bridgehead atoms. The number of para-hydroxylation sites is 1. The van der Waals surface area contributed by atoms with Crippen LogP contribution in [0, 0.1) is 11.3 Å². The average molecular weight is 281 g/mol. The first-order valence-corrected chi connectivity index (χ1v) is 8.11. The fourth-order valence-corrected chi connectivity index (χ4v) is 3.82. The maximum Gasteiger partial charge on any atom is 0.0769 e. The lowest BCUT2D eigenvalue weighted by molar-refractivity contribution is 0.185. The highest BCUT2D eigenvalue weighted by atomic mass is 15.0. The van der Waals surface area contributed by atoms with Gasteiger partial charge in [-0.05, 0) is 24.8 Å². The maximum absolute atomic E-state index is 4.58. The molecule has 2 aliphatic rings. The zero-order valence-electron chi connectivity index (χ0n) is 12.7. The van der Waals surface area contributed by atoms with E-state index in [4.69, 9.17) is 0 Å². The molecule has 3 nitrogen and oxygen atoms in total. The Kier molecular flexibility index (Phi) is 3.02. The van der Waals surface area contributed by atoms with Crippen LogP contribution in [0.4, 0.5) is 11.4 Å². The fourth-order valence-electron chi connectivity index (χ4n) is 3.82. The lowest BCUT2D eigenvalue weighted by Gasteiger charge is -2.38. The van der Waals surface area contributed by atoms with E-state index in [9.17, 15) is 0 Å². The number of pyridine rings is 1. The van der Waals surface area contributed by atoms with E-state index in [0.29, 0.717) is 5.41 Å². The van der Waals surface area contributed by atoms with E-state index in [1.54, 1.807) is 0 Å². The number of hydrogen-bond acceptors (Lipinski definition) is 3. The third-order valence-electron chi connectivity index (χ3n) is 5.40. The predicted octanol–water partition coefficient (Wildman–Crippen LogP) is 4.27. The molecule has 2 aromatic rings. The topological polar surface area (TPSA) is 37.0 Å². The summed E-state index contributed by atoms with van der Waals surface area (Å²) in [5, 5.41) is 8.63. The summed E-state index contributed by atoms with van der Waals surface area (Å²) >= 11 is 0. The maximum atomic E-state index is 4.58. The van der Waals surface area contributed by atoms with Crippen LogP contribution in [0.3, 0.4) is 0 Å². The van der Waals surface area contributed by atoms with Gasteiger partial charge in [-0.15, -0.1) is 0 Å². The van der Waals surface area contributed by atoms with E-state index in [-0.39, 0.29) is 0 Å². The number of anilines is 2. The van der Waals surface area contributed by atoms with Crippen LogP contribution in [-0.2, 0) is 0 Å². The largest absolute Gasteiger partial charge is 0.382 e. The molecular weight excluding hydrogens is 258 g/mol. The quantitative estimate of drug-likeness (QED) is 0.757. The van der Waals surface area contributed by atoms with Gasteiger partial charge >= 0.3 is 0 Å². The molecule has 0 radical (unpaired) electrons. The molecule has 21 heavy (non-hydrogen) atoms. The number of benzene rings is 1. The van der Waals surface area contributed by atoms with Crippen molar-refractivity contribution in [3.8, 4) is 0 Å². The predicted molar refractivity (Wildman–Crippen MR) is 88.8 cm³/mol. The Morgan fingerprint density at radius 1 is 1.10 bits per heavy atom. The number of nitrogens with one attached hydrogen (secondary N) is 2. The van der Waals surface area contributed by atoms with Gasteiger partial charge in [0.05, 0.1) is 23.1 Å². The number of nitrogens with zero attached hydrogens (tertiary/aromatic N) is 1. The summed E-state index contributed by atoms with van der Waals surface area (Å²) < 4.78 is 0. The summed E-state index contributed by atoms with van der Waals surface area (Å²) in [6.07, 6.45) is 7.35. The molecule has 110 valence electrons. The first-order chi connectivity index (χ1) is 10.3. The first kappa shape index (κ1) is 12.9. The van der Waals surface area contributed by atoms with Gasteiger partial charge in [-0.25, -0.2) is 0 Å². The molecule has 3 heteroatoms. The molecule has 0 unspecified atom stereocenters. The third kappa shape index (κ3) is 2.25. The third-order valence-corrected chi connectivity index (χ3v) is 5.40. The normalized spacial score (nSPS) is 28.5. The van der Waals surface area contributed by atoms with Crippen LogP contribution >= 0.6 is 0 Å². The van der Waals surface area contributed by atoms with Crippen LogP contribution < -0.4 is 10.6 Å². The zero-order chi connectivity index (χ0) is 14.3. The van der Waals surface area contributed by atoms with Gasteiger partial charge in [0.25, 0.3) is 0 Å². The standard InChI is InChI=1S/C18H23N3/c1-13-6-8-18(9-7-13)11-20-16-10-19-15-5-3-2-4-14(15)17(16)21-12-18/h2-5,10,13,20-21H,6-9,11-12H2,1H3. The van der Waals surface area contributed by atoms with Crippen molar-refractivity contribution < 1.29 is 0 Å². The Balaban J connectivity index is 1.68. The summed E-state index contributed by atoms with van der Waals surface area (Å²) in [4.78, 5) is 4.58. The van der Waals surface area contributed by atoms with Crippen LogP contribution in [0.2, 0.25) is 0 Å². The summed E-state index contributed by atoms with van der Waals surface area (Å²) in [5.41, 5.74) is 3.87. The smallest absolute Gasteiger partial charge is 0.0769 e. The first-order valence-electron chi connectivity index (χ1n) is 8.11. The number of rotatable bonds is 0. The highest BCUT2D eigenvalue weighted by molar-refractivity contribution is 5.97. The Labute approximate surface area is 126 Å². The summed E-state index contributed by atoms with van der Waals surface area (Å²) in [7, 11) is 0. The monoisotopic (exact) mass is 281 g/mol. The van der Waals surface area contributed by atoms with Gasteiger partial charge in [-0.1, -0.05) is 38.0 Å². The zero-order valence-corrected chi connectivity index (χ0v) is 12.7. The molecular formula is C18H23N3. The van der Waals surface area contributed by atoms with Crippen molar-refractivity contribution in [3.05, 3.63) is 30.5 Å². The van der Waals surface area contributed by atoms with Crippen LogP contribution in [0.15, 0.2) is 30.5 Å². The van der Waals surface area contributed by atoms with Gasteiger partial charge < -0.3 is 10.6 Å². The molecule has 1 aromatic heterocycles. The molecule has 1 aromatic carbocycles. The highest BCUT2D eigenvalue weighted by Crippen LogP contribution is 2.42. The molecule has 1 aliphatic heterocycles. The van der Waals surface area contributed by atoms with Crippen LogP contribution in [0.1, 0.15) is 32.6 Å². The van der Waals surface area contributed by atoms with Crippen molar-refractivity contribution in [2.45, 2.75) is 32.6 Å². The summed E-state index contributed by atoms with van der Waals surface area (Å²) in [6, 6.07) is 8.39. The lowest BCUT2D eigenvalue weighted by Crippen LogP contribution is -2.38. The van der Waals surface area contributed by atoms with Crippen molar-refractivity contribution in [2.75, 3.05) is 23.7 Å². The Morgan fingerprint density at radius 2 is 1.86 bits per heavy atom. The van der Waals surface area contributed by atoms with E-state index < -0.39 is 0 Å². The molecule has 1 saturated carbocycles.